The molecule has 0 spiro atoms. The van der Waals surface area contributed by atoms with Crippen molar-refractivity contribution in [3.8, 4) is 17.6 Å². The van der Waals surface area contributed by atoms with Crippen molar-refractivity contribution in [2.24, 2.45) is 0 Å². The van der Waals surface area contributed by atoms with Gasteiger partial charge >= 0.3 is 0 Å². The van der Waals surface area contributed by atoms with Gasteiger partial charge in [-0.05, 0) is 41.5 Å². The van der Waals surface area contributed by atoms with Crippen LogP contribution in [0.25, 0.3) is 10.8 Å². The number of amides is 1. The van der Waals surface area contributed by atoms with Crippen molar-refractivity contribution < 1.29 is 14.3 Å². The topological polar surface area (TPSA) is 83.4 Å². The van der Waals surface area contributed by atoms with E-state index in [1.54, 1.807) is 19.3 Å². The molecular formula is C26H27N3O3. The van der Waals surface area contributed by atoms with E-state index in [4.69, 9.17) is 9.47 Å². The van der Waals surface area contributed by atoms with Gasteiger partial charge in [0.2, 0.25) is 5.91 Å². The van der Waals surface area contributed by atoms with Crippen LogP contribution in [0.15, 0.2) is 67.3 Å². The van der Waals surface area contributed by atoms with E-state index in [0.29, 0.717) is 23.6 Å². The van der Waals surface area contributed by atoms with E-state index in [0.717, 1.165) is 21.9 Å². The quantitative estimate of drug-likeness (QED) is 0.502. The van der Waals surface area contributed by atoms with Crippen molar-refractivity contribution in [3.05, 3.63) is 83.9 Å². The van der Waals surface area contributed by atoms with Crippen LogP contribution in [0.4, 0.5) is 0 Å². The predicted octanol–water partition coefficient (Wildman–Crippen LogP) is 4.04. The first-order chi connectivity index (χ1) is 15.5. The lowest BCUT2D eigenvalue weighted by molar-refractivity contribution is -0.127. The molecule has 0 radical (unpaired) electrons. The van der Waals surface area contributed by atoms with E-state index in [9.17, 15) is 10.1 Å². The number of benzene rings is 3. The highest BCUT2D eigenvalue weighted by atomic mass is 16.5. The summed E-state index contributed by atoms with van der Waals surface area (Å²) in [5, 5.41) is 17.7. The zero-order valence-corrected chi connectivity index (χ0v) is 18.6. The fourth-order valence-electron chi connectivity index (χ4n) is 3.76. The van der Waals surface area contributed by atoms with E-state index in [2.05, 4.69) is 23.3 Å². The molecule has 1 unspecified atom stereocenters. The molecule has 0 aliphatic rings. The smallest absolute Gasteiger partial charge is 0.244 e. The third-order valence-corrected chi connectivity index (χ3v) is 5.56. The lowest BCUT2D eigenvalue weighted by atomic mass is 9.90. The Kier molecular flexibility index (Phi) is 7.14. The lowest BCUT2D eigenvalue weighted by Crippen LogP contribution is -2.52. The molecule has 6 nitrogen and oxygen atoms in total. The molecule has 6 heteroatoms. The number of nitriles is 1. The summed E-state index contributed by atoms with van der Waals surface area (Å²) in [6, 6.07) is 19.1. The Labute approximate surface area is 188 Å². The number of nitrogens with one attached hydrogen (secondary N) is 2. The number of carbonyl (C=O) groups is 1. The number of rotatable bonds is 9. The maximum absolute atomic E-state index is 13.5. The van der Waals surface area contributed by atoms with Crippen molar-refractivity contribution in [2.45, 2.75) is 19.0 Å². The molecule has 2 N–H and O–H groups in total. The number of methoxy groups -OCH3 is 2. The van der Waals surface area contributed by atoms with Crippen LogP contribution >= 0.6 is 0 Å². The van der Waals surface area contributed by atoms with E-state index < -0.39 is 5.54 Å². The second-order valence-corrected chi connectivity index (χ2v) is 7.48. The average Bonchev–Trinajstić information content (AvgIpc) is 2.84. The summed E-state index contributed by atoms with van der Waals surface area (Å²) in [6.45, 7) is 6.22. The molecule has 3 rings (SSSR count). The summed E-state index contributed by atoms with van der Waals surface area (Å²) in [4.78, 5) is 13.5. The molecule has 3 aromatic carbocycles. The van der Waals surface area contributed by atoms with Crippen molar-refractivity contribution >= 4 is 16.7 Å². The van der Waals surface area contributed by atoms with E-state index in [-0.39, 0.29) is 12.5 Å². The summed E-state index contributed by atoms with van der Waals surface area (Å²) in [7, 11) is 3.12. The highest BCUT2D eigenvalue weighted by Crippen LogP contribution is 2.32. The summed E-state index contributed by atoms with van der Waals surface area (Å²) in [6.07, 6.45) is 1.71. The maximum Gasteiger partial charge on any atom is 0.244 e. The summed E-state index contributed by atoms with van der Waals surface area (Å²) in [5.41, 5.74) is 0.917. The minimum Gasteiger partial charge on any atom is -0.497 e. The second-order valence-electron chi connectivity index (χ2n) is 7.48. The molecular weight excluding hydrogens is 402 g/mol. The van der Waals surface area contributed by atoms with Gasteiger partial charge in [-0.2, -0.15) is 5.26 Å². The molecule has 1 amide bonds. The molecule has 0 heterocycles. The van der Waals surface area contributed by atoms with Crippen LogP contribution in [0, 0.1) is 11.3 Å². The number of hydrogen-bond acceptors (Lipinski definition) is 5. The van der Waals surface area contributed by atoms with Gasteiger partial charge < -0.3 is 14.8 Å². The largest absolute Gasteiger partial charge is 0.497 e. The SMILES string of the molecule is C=CCNC(C)(C(=O)NCc1c(OC)c(C#N)cc2ccccc12)c1cccc(OC)c1. The Bertz CT molecular complexity index is 1180. The number of nitrogens with zero attached hydrogens (tertiary/aromatic N) is 1. The first kappa shape index (κ1) is 22.9. The zero-order chi connectivity index (χ0) is 23.1. The highest BCUT2D eigenvalue weighted by Gasteiger charge is 2.35. The summed E-state index contributed by atoms with van der Waals surface area (Å²) in [5.74, 6) is 0.908. The second kappa shape index (κ2) is 9.99. The van der Waals surface area contributed by atoms with Crippen LogP contribution in [0.3, 0.4) is 0 Å². The van der Waals surface area contributed by atoms with Gasteiger partial charge in [0, 0.05) is 18.7 Å². The average molecular weight is 430 g/mol. The van der Waals surface area contributed by atoms with Gasteiger partial charge in [-0.25, -0.2) is 0 Å². The number of hydrogen-bond donors (Lipinski definition) is 2. The Hall–Kier alpha value is -3.82. The molecule has 164 valence electrons. The molecule has 0 saturated heterocycles. The van der Waals surface area contributed by atoms with Gasteiger partial charge in [0.15, 0.2) is 0 Å². The maximum atomic E-state index is 13.5. The van der Waals surface area contributed by atoms with Crippen molar-refractivity contribution in [1.82, 2.24) is 10.6 Å². The van der Waals surface area contributed by atoms with Crippen LogP contribution < -0.4 is 20.1 Å². The van der Waals surface area contributed by atoms with Crippen LogP contribution in [0.2, 0.25) is 0 Å². The first-order valence-corrected chi connectivity index (χ1v) is 10.3. The fraction of sp³-hybridized carbons (Fsp3) is 0.231. The molecule has 0 bridgehead atoms. The summed E-state index contributed by atoms with van der Waals surface area (Å²) < 4.78 is 10.9. The molecule has 0 saturated carbocycles. The molecule has 0 aliphatic carbocycles. The normalized spacial score (nSPS) is 12.4. The van der Waals surface area contributed by atoms with Gasteiger partial charge in [-0.1, -0.05) is 42.5 Å². The van der Waals surface area contributed by atoms with E-state index >= 15 is 0 Å². The monoisotopic (exact) mass is 429 g/mol. The van der Waals surface area contributed by atoms with Gasteiger partial charge in [0.05, 0.1) is 19.8 Å². The van der Waals surface area contributed by atoms with Gasteiger partial charge in [0.1, 0.15) is 23.1 Å². The van der Waals surface area contributed by atoms with Crippen molar-refractivity contribution in [1.29, 1.82) is 5.26 Å². The van der Waals surface area contributed by atoms with E-state index in [1.165, 1.54) is 7.11 Å². The van der Waals surface area contributed by atoms with Crippen molar-refractivity contribution in [2.75, 3.05) is 20.8 Å². The molecule has 0 fully saturated rings. The number of carbonyl (C=O) groups excluding carboxylic acids is 1. The minimum atomic E-state index is -1.03. The van der Waals surface area contributed by atoms with Crippen LogP contribution in [-0.4, -0.2) is 26.7 Å². The van der Waals surface area contributed by atoms with Crippen LogP contribution in [0.5, 0.6) is 11.5 Å². The zero-order valence-electron chi connectivity index (χ0n) is 18.6. The predicted molar refractivity (Wildman–Crippen MR) is 126 cm³/mol. The highest BCUT2D eigenvalue weighted by molar-refractivity contribution is 5.91. The Morgan fingerprint density at radius 1 is 1.16 bits per heavy atom. The number of ether oxygens (including phenoxy) is 2. The minimum absolute atomic E-state index is 0.202. The third kappa shape index (κ3) is 4.43. The Morgan fingerprint density at radius 2 is 1.94 bits per heavy atom. The van der Waals surface area contributed by atoms with Gasteiger partial charge in [-0.15, -0.1) is 6.58 Å². The summed E-state index contributed by atoms with van der Waals surface area (Å²) >= 11 is 0. The fourth-order valence-corrected chi connectivity index (χ4v) is 3.76. The number of fused-ring (bicyclic) bond motifs is 1. The van der Waals surface area contributed by atoms with Gasteiger partial charge in [-0.3, -0.25) is 10.1 Å². The molecule has 0 aliphatic heterocycles. The molecule has 32 heavy (non-hydrogen) atoms. The molecule has 1 atom stereocenters. The third-order valence-electron chi connectivity index (χ3n) is 5.56. The van der Waals surface area contributed by atoms with E-state index in [1.807, 2.05) is 55.5 Å². The first-order valence-electron chi connectivity index (χ1n) is 10.3. The Balaban J connectivity index is 1.99. The van der Waals surface area contributed by atoms with Crippen LogP contribution in [0.1, 0.15) is 23.6 Å². The van der Waals surface area contributed by atoms with Crippen LogP contribution in [-0.2, 0) is 16.9 Å². The molecule has 3 aromatic rings. The lowest BCUT2D eigenvalue weighted by Gasteiger charge is -2.30. The standard InChI is InChI=1S/C26H27N3O3/c1-5-13-29-26(2,20-10-8-11-21(15-20)31-3)25(30)28-17-23-22-12-7-6-9-18(22)14-19(16-27)24(23)32-4/h5-12,14-15,29H,1,13,17H2,2-4H3,(H,28,30). The molecule has 0 aromatic heterocycles. The van der Waals surface area contributed by atoms with Crippen molar-refractivity contribution in [3.63, 3.8) is 0 Å². The Morgan fingerprint density at radius 3 is 2.62 bits per heavy atom. The van der Waals surface area contributed by atoms with Gasteiger partial charge in [0.25, 0.3) is 0 Å².